The van der Waals surface area contributed by atoms with E-state index in [0.717, 1.165) is 12.3 Å². The van der Waals surface area contributed by atoms with Crippen LogP contribution in [0.1, 0.15) is 12.8 Å². The Morgan fingerprint density at radius 1 is 1.33 bits per heavy atom. The molecule has 1 heterocycles. The Hall–Kier alpha value is -0.0800. The number of hydrogen-bond acceptors (Lipinski definition) is 2. The van der Waals surface area contributed by atoms with Crippen molar-refractivity contribution in [1.82, 2.24) is 0 Å². The van der Waals surface area contributed by atoms with Gasteiger partial charge in [0.15, 0.2) is 0 Å². The average Bonchev–Trinajstić information content (AvgIpc) is 2.20. The second kappa shape index (κ2) is 1.18. The SMILES string of the molecule is O[C@@H]1[C@@H]2C[C@@H]3[C@H]1O[C@@H]3C2. The number of fused-ring (bicyclic) bond motifs is 1. The fraction of sp³-hybridized carbons (Fsp3) is 1.00. The highest BCUT2D eigenvalue weighted by Crippen LogP contribution is 2.55. The molecular weight excluding hydrogens is 116 g/mol. The first-order valence-corrected chi connectivity index (χ1v) is 3.70. The van der Waals surface area contributed by atoms with Crippen molar-refractivity contribution in [3.05, 3.63) is 0 Å². The molecule has 0 radical (unpaired) electrons. The van der Waals surface area contributed by atoms with Crippen molar-refractivity contribution in [3.63, 3.8) is 0 Å². The third-order valence-electron chi connectivity index (χ3n) is 3.16. The van der Waals surface area contributed by atoms with Crippen LogP contribution in [0.3, 0.4) is 0 Å². The molecule has 3 fully saturated rings. The van der Waals surface area contributed by atoms with Crippen LogP contribution in [0.25, 0.3) is 0 Å². The second-order valence-electron chi connectivity index (χ2n) is 3.53. The van der Waals surface area contributed by atoms with Gasteiger partial charge in [0, 0.05) is 5.92 Å². The lowest BCUT2D eigenvalue weighted by molar-refractivity contribution is -0.220. The van der Waals surface area contributed by atoms with Crippen molar-refractivity contribution in [1.29, 1.82) is 0 Å². The summed E-state index contributed by atoms with van der Waals surface area (Å²) in [6, 6.07) is 0. The summed E-state index contributed by atoms with van der Waals surface area (Å²) in [6.45, 7) is 0. The molecular formula is C7H10O2. The van der Waals surface area contributed by atoms with Gasteiger partial charge in [-0.3, -0.25) is 0 Å². The lowest BCUT2D eigenvalue weighted by Crippen LogP contribution is -2.53. The molecule has 2 saturated carbocycles. The van der Waals surface area contributed by atoms with E-state index >= 15 is 0 Å². The highest BCUT2D eigenvalue weighted by Gasteiger charge is 2.61. The molecule has 2 nitrogen and oxygen atoms in total. The van der Waals surface area contributed by atoms with Crippen molar-refractivity contribution < 1.29 is 9.84 Å². The quantitative estimate of drug-likeness (QED) is 0.501. The van der Waals surface area contributed by atoms with E-state index in [0.29, 0.717) is 12.0 Å². The van der Waals surface area contributed by atoms with Crippen molar-refractivity contribution in [2.75, 3.05) is 0 Å². The standard InChI is InChI=1S/C7H10O2/c8-6-3-1-4-5(2-3)9-7(4)6/h3-8H,1-2H2/t3-,4+,5-,6-,7-/m1/s1. The highest BCUT2D eigenvalue weighted by atomic mass is 16.5. The van der Waals surface area contributed by atoms with Crippen molar-refractivity contribution >= 4 is 0 Å². The fourth-order valence-electron chi connectivity index (χ4n) is 2.67. The summed E-state index contributed by atoms with van der Waals surface area (Å²) in [5.74, 6) is 1.34. The zero-order valence-electron chi connectivity index (χ0n) is 5.16. The van der Waals surface area contributed by atoms with Crippen LogP contribution in [0.2, 0.25) is 0 Å². The molecule has 2 heteroatoms. The topological polar surface area (TPSA) is 29.5 Å². The van der Waals surface area contributed by atoms with E-state index in [1.165, 1.54) is 6.42 Å². The third kappa shape index (κ3) is 0.356. The third-order valence-corrected chi connectivity index (χ3v) is 3.16. The molecule has 3 rings (SSSR count). The van der Waals surface area contributed by atoms with Gasteiger partial charge in [0.1, 0.15) is 0 Å². The molecule has 2 bridgehead atoms. The molecule has 3 aliphatic rings. The molecule has 0 aromatic heterocycles. The molecule has 0 amide bonds. The van der Waals surface area contributed by atoms with E-state index in [-0.39, 0.29) is 12.2 Å². The van der Waals surface area contributed by atoms with E-state index in [1.807, 2.05) is 0 Å². The van der Waals surface area contributed by atoms with E-state index in [1.54, 1.807) is 0 Å². The molecule has 0 aromatic carbocycles. The molecule has 50 valence electrons. The van der Waals surface area contributed by atoms with Crippen LogP contribution in [0.4, 0.5) is 0 Å². The minimum atomic E-state index is -0.111. The van der Waals surface area contributed by atoms with E-state index < -0.39 is 0 Å². The number of aliphatic hydroxyl groups is 1. The van der Waals surface area contributed by atoms with Crippen LogP contribution in [0.15, 0.2) is 0 Å². The highest BCUT2D eigenvalue weighted by molar-refractivity contribution is 5.09. The normalized spacial score (nSPS) is 68.3. The predicted molar refractivity (Wildman–Crippen MR) is 30.9 cm³/mol. The Labute approximate surface area is 53.8 Å². The number of hydrogen-bond donors (Lipinski definition) is 1. The Morgan fingerprint density at radius 2 is 2.22 bits per heavy atom. The van der Waals surface area contributed by atoms with E-state index in [2.05, 4.69) is 0 Å². The van der Waals surface area contributed by atoms with Crippen LogP contribution in [-0.4, -0.2) is 23.4 Å². The van der Waals surface area contributed by atoms with Crippen LogP contribution in [0.5, 0.6) is 0 Å². The van der Waals surface area contributed by atoms with Gasteiger partial charge >= 0.3 is 0 Å². The average molecular weight is 126 g/mol. The molecule has 0 unspecified atom stereocenters. The first-order chi connectivity index (χ1) is 4.36. The van der Waals surface area contributed by atoms with Gasteiger partial charge in [-0.1, -0.05) is 0 Å². The summed E-state index contributed by atoms with van der Waals surface area (Å²) in [7, 11) is 0. The molecule has 2 aliphatic carbocycles. The maximum Gasteiger partial charge on any atom is 0.0893 e. The zero-order chi connectivity index (χ0) is 6.01. The van der Waals surface area contributed by atoms with E-state index in [9.17, 15) is 5.11 Å². The lowest BCUT2D eigenvalue weighted by Gasteiger charge is -2.44. The predicted octanol–water partition coefficient (Wildman–Crippen LogP) is 0.155. The van der Waals surface area contributed by atoms with Gasteiger partial charge in [-0.25, -0.2) is 0 Å². The maximum absolute atomic E-state index is 9.40. The maximum atomic E-state index is 9.40. The van der Waals surface area contributed by atoms with Crippen molar-refractivity contribution in [3.8, 4) is 0 Å². The smallest absolute Gasteiger partial charge is 0.0893 e. The number of aliphatic hydroxyl groups excluding tert-OH is 1. The van der Waals surface area contributed by atoms with Crippen LogP contribution < -0.4 is 0 Å². The van der Waals surface area contributed by atoms with Crippen molar-refractivity contribution in [2.24, 2.45) is 11.8 Å². The van der Waals surface area contributed by atoms with Crippen molar-refractivity contribution in [2.45, 2.75) is 31.2 Å². The van der Waals surface area contributed by atoms with Gasteiger partial charge in [-0.05, 0) is 18.8 Å². The van der Waals surface area contributed by atoms with Crippen LogP contribution in [-0.2, 0) is 4.74 Å². The summed E-state index contributed by atoms with van der Waals surface area (Å²) < 4.78 is 5.39. The largest absolute Gasteiger partial charge is 0.390 e. The van der Waals surface area contributed by atoms with E-state index in [4.69, 9.17) is 4.74 Å². The van der Waals surface area contributed by atoms with Gasteiger partial charge < -0.3 is 9.84 Å². The molecule has 1 saturated heterocycles. The fourth-order valence-corrected chi connectivity index (χ4v) is 2.67. The summed E-state index contributed by atoms with van der Waals surface area (Å²) in [5.41, 5.74) is 0. The minimum Gasteiger partial charge on any atom is -0.390 e. The first-order valence-electron chi connectivity index (χ1n) is 3.70. The molecule has 0 spiro atoms. The van der Waals surface area contributed by atoms with Gasteiger partial charge in [-0.2, -0.15) is 0 Å². The summed E-state index contributed by atoms with van der Waals surface area (Å²) in [5, 5.41) is 9.40. The Balaban J connectivity index is 2.00. The Morgan fingerprint density at radius 3 is 2.56 bits per heavy atom. The van der Waals surface area contributed by atoms with Gasteiger partial charge in [-0.15, -0.1) is 0 Å². The molecule has 5 atom stereocenters. The summed E-state index contributed by atoms with van der Waals surface area (Å²) in [4.78, 5) is 0. The first kappa shape index (κ1) is 4.69. The van der Waals surface area contributed by atoms with Gasteiger partial charge in [0.05, 0.1) is 18.3 Å². The zero-order valence-corrected chi connectivity index (χ0v) is 5.16. The van der Waals surface area contributed by atoms with Gasteiger partial charge in [0.25, 0.3) is 0 Å². The minimum absolute atomic E-state index is 0.111. The van der Waals surface area contributed by atoms with Crippen LogP contribution >= 0.6 is 0 Å². The van der Waals surface area contributed by atoms with Gasteiger partial charge in [0.2, 0.25) is 0 Å². The Kier molecular flexibility index (Phi) is 0.616. The molecule has 1 N–H and O–H groups in total. The Bertz CT molecular complexity index is 146. The number of ether oxygens (including phenoxy) is 1. The monoisotopic (exact) mass is 126 g/mol. The molecule has 9 heavy (non-hydrogen) atoms. The summed E-state index contributed by atoms with van der Waals surface area (Å²) >= 11 is 0. The molecule has 1 aliphatic heterocycles. The lowest BCUT2D eigenvalue weighted by atomic mass is 9.86. The second-order valence-corrected chi connectivity index (χ2v) is 3.53. The molecule has 0 aromatic rings. The van der Waals surface area contributed by atoms with Crippen LogP contribution in [0, 0.1) is 11.8 Å². The number of rotatable bonds is 0. The summed E-state index contributed by atoms with van der Waals surface area (Å²) in [6.07, 6.45) is 3.04.